The van der Waals surface area contributed by atoms with E-state index < -0.39 is 11.6 Å². The Morgan fingerprint density at radius 2 is 2.09 bits per heavy atom. The van der Waals surface area contributed by atoms with Crippen LogP contribution in [0.1, 0.15) is 36.2 Å². The van der Waals surface area contributed by atoms with Crippen LogP contribution in [0.5, 0.6) is 0 Å². The highest BCUT2D eigenvalue weighted by Crippen LogP contribution is 2.16. The first-order valence-electron chi connectivity index (χ1n) is 7.10. The second kappa shape index (κ2) is 6.68. The summed E-state index contributed by atoms with van der Waals surface area (Å²) in [6.07, 6.45) is 2.31. The highest BCUT2D eigenvalue weighted by atomic mass is 19.2. The Bertz CT molecular complexity index is 682. The number of hydrogen-bond acceptors (Lipinski definition) is 2. The van der Waals surface area contributed by atoms with Gasteiger partial charge in [-0.05, 0) is 38.0 Å². The molecule has 2 aromatic rings. The van der Waals surface area contributed by atoms with Gasteiger partial charge in [-0.1, -0.05) is 6.07 Å². The number of benzene rings is 1. The van der Waals surface area contributed by atoms with E-state index >= 15 is 0 Å². The zero-order valence-corrected chi connectivity index (χ0v) is 12.9. The quantitative estimate of drug-likeness (QED) is 0.923. The van der Waals surface area contributed by atoms with Gasteiger partial charge >= 0.3 is 0 Å². The molecule has 1 N–H and O–H groups in total. The van der Waals surface area contributed by atoms with Crippen LogP contribution in [0.15, 0.2) is 24.4 Å². The van der Waals surface area contributed by atoms with Gasteiger partial charge in [0.25, 0.3) is 0 Å². The van der Waals surface area contributed by atoms with E-state index in [4.69, 9.17) is 0 Å². The lowest BCUT2D eigenvalue weighted by atomic mass is 10.1. The fraction of sp³-hybridized carbons (Fsp3) is 0.375. The second-order valence-corrected chi connectivity index (χ2v) is 5.35. The van der Waals surface area contributed by atoms with E-state index in [9.17, 15) is 13.6 Å². The highest BCUT2D eigenvalue weighted by Gasteiger charge is 2.14. The molecule has 1 unspecified atom stereocenters. The molecule has 0 radical (unpaired) electrons. The third-order valence-corrected chi connectivity index (χ3v) is 3.74. The summed E-state index contributed by atoms with van der Waals surface area (Å²) in [5.41, 5.74) is 2.55. The molecule has 1 atom stereocenters. The van der Waals surface area contributed by atoms with Gasteiger partial charge in [0.15, 0.2) is 11.6 Å². The van der Waals surface area contributed by atoms with Crippen LogP contribution in [-0.4, -0.2) is 15.7 Å². The van der Waals surface area contributed by atoms with Gasteiger partial charge in [0.2, 0.25) is 5.91 Å². The molecule has 0 aliphatic heterocycles. The molecule has 118 valence electrons. The fourth-order valence-corrected chi connectivity index (χ4v) is 2.29. The maximum absolute atomic E-state index is 13.1. The summed E-state index contributed by atoms with van der Waals surface area (Å²) in [6, 6.07) is 3.54. The van der Waals surface area contributed by atoms with E-state index in [1.54, 1.807) is 10.9 Å². The monoisotopic (exact) mass is 307 g/mol. The molecular weight excluding hydrogens is 288 g/mol. The first-order valence-corrected chi connectivity index (χ1v) is 7.10. The number of rotatable bonds is 5. The zero-order chi connectivity index (χ0) is 16.3. The van der Waals surface area contributed by atoms with Gasteiger partial charge in [-0.25, -0.2) is 8.78 Å². The van der Waals surface area contributed by atoms with Crippen LogP contribution in [0.25, 0.3) is 0 Å². The van der Waals surface area contributed by atoms with Crippen molar-refractivity contribution in [3.8, 4) is 0 Å². The maximum Gasteiger partial charge on any atom is 0.220 e. The highest BCUT2D eigenvalue weighted by molar-refractivity contribution is 5.76. The van der Waals surface area contributed by atoms with Gasteiger partial charge in [0.05, 0.1) is 12.2 Å². The predicted molar refractivity (Wildman–Crippen MR) is 79.2 cm³/mol. The average molecular weight is 307 g/mol. The van der Waals surface area contributed by atoms with E-state index in [2.05, 4.69) is 10.4 Å². The van der Waals surface area contributed by atoms with Crippen LogP contribution in [0.4, 0.5) is 8.78 Å². The summed E-state index contributed by atoms with van der Waals surface area (Å²) in [5, 5.41) is 7.03. The van der Waals surface area contributed by atoms with Gasteiger partial charge in [0, 0.05) is 24.7 Å². The van der Waals surface area contributed by atoms with Gasteiger partial charge < -0.3 is 5.32 Å². The topological polar surface area (TPSA) is 46.9 Å². The average Bonchev–Trinajstić information content (AvgIpc) is 2.80. The molecular formula is C16H19F2N3O. The third-order valence-electron chi connectivity index (χ3n) is 3.74. The molecule has 0 bridgehead atoms. The lowest BCUT2D eigenvalue weighted by Gasteiger charge is -2.13. The molecule has 2 rings (SSSR count). The number of hydrogen-bond donors (Lipinski definition) is 1. The van der Waals surface area contributed by atoms with Crippen molar-refractivity contribution in [2.24, 2.45) is 7.05 Å². The van der Waals surface area contributed by atoms with Crippen molar-refractivity contribution >= 4 is 5.91 Å². The van der Waals surface area contributed by atoms with Crippen LogP contribution in [0, 0.1) is 18.6 Å². The Morgan fingerprint density at radius 3 is 2.68 bits per heavy atom. The molecule has 0 fully saturated rings. The third kappa shape index (κ3) is 3.69. The smallest absolute Gasteiger partial charge is 0.220 e. The van der Waals surface area contributed by atoms with Crippen LogP contribution in [0.3, 0.4) is 0 Å². The van der Waals surface area contributed by atoms with Gasteiger partial charge in [-0.3, -0.25) is 9.48 Å². The standard InChI is InChI=1S/C16H19F2N3O/c1-10(13-9-19-21(3)11(13)2)20-16(22)7-5-12-4-6-14(17)15(18)8-12/h4,6,8-10H,5,7H2,1-3H3,(H,20,22). The number of nitrogens with zero attached hydrogens (tertiary/aromatic N) is 2. The summed E-state index contributed by atoms with van der Waals surface area (Å²) in [5.74, 6) is -1.91. The minimum Gasteiger partial charge on any atom is -0.349 e. The molecule has 1 amide bonds. The van der Waals surface area contributed by atoms with E-state index in [0.29, 0.717) is 12.0 Å². The Hall–Kier alpha value is -2.24. The van der Waals surface area contributed by atoms with Crippen molar-refractivity contribution in [1.29, 1.82) is 0 Å². The molecule has 1 aromatic heterocycles. The van der Waals surface area contributed by atoms with Crippen molar-refractivity contribution in [2.45, 2.75) is 32.7 Å². The van der Waals surface area contributed by atoms with Crippen LogP contribution in [-0.2, 0) is 18.3 Å². The summed E-state index contributed by atoms with van der Waals surface area (Å²) >= 11 is 0. The van der Waals surface area contributed by atoms with Crippen LogP contribution >= 0.6 is 0 Å². The number of nitrogens with one attached hydrogen (secondary N) is 1. The van der Waals surface area contributed by atoms with Crippen molar-refractivity contribution in [3.63, 3.8) is 0 Å². The molecule has 0 saturated carbocycles. The normalized spacial score (nSPS) is 12.2. The summed E-state index contributed by atoms with van der Waals surface area (Å²) in [4.78, 5) is 12.0. The molecule has 0 saturated heterocycles. The Kier molecular flexibility index (Phi) is 4.90. The molecule has 0 aliphatic rings. The van der Waals surface area contributed by atoms with E-state index in [1.807, 2.05) is 20.9 Å². The van der Waals surface area contributed by atoms with E-state index in [-0.39, 0.29) is 18.4 Å². The van der Waals surface area contributed by atoms with Crippen molar-refractivity contribution in [1.82, 2.24) is 15.1 Å². The Balaban J connectivity index is 1.90. The fourth-order valence-electron chi connectivity index (χ4n) is 2.29. The van der Waals surface area contributed by atoms with Gasteiger partial charge in [-0.15, -0.1) is 0 Å². The summed E-state index contributed by atoms with van der Waals surface area (Å²) in [6.45, 7) is 3.83. The first-order chi connectivity index (χ1) is 10.4. The number of aromatic nitrogens is 2. The summed E-state index contributed by atoms with van der Waals surface area (Å²) < 4.78 is 27.7. The molecule has 0 spiro atoms. The van der Waals surface area contributed by atoms with E-state index in [0.717, 1.165) is 23.4 Å². The Labute approximate surface area is 128 Å². The first kappa shape index (κ1) is 16.1. The molecule has 1 aromatic carbocycles. The minimum atomic E-state index is -0.891. The number of aryl methyl sites for hydroxylation is 2. The number of amides is 1. The lowest BCUT2D eigenvalue weighted by Crippen LogP contribution is -2.27. The molecule has 1 heterocycles. The van der Waals surface area contributed by atoms with Gasteiger partial charge in [-0.2, -0.15) is 5.10 Å². The largest absolute Gasteiger partial charge is 0.349 e. The molecule has 4 nitrogen and oxygen atoms in total. The van der Waals surface area contributed by atoms with Gasteiger partial charge in [0.1, 0.15) is 0 Å². The Morgan fingerprint density at radius 1 is 1.36 bits per heavy atom. The number of halogens is 2. The number of carbonyl (C=O) groups excluding carboxylic acids is 1. The van der Waals surface area contributed by atoms with Crippen molar-refractivity contribution < 1.29 is 13.6 Å². The molecule has 6 heteroatoms. The van der Waals surface area contributed by atoms with Crippen LogP contribution < -0.4 is 5.32 Å². The lowest BCUT2D eigenvalue weighted by molar-refractivity contribution is -0.121. The van der Waals surface area contributed by atoms with Crippen molar-refractivity contribution in [3.05, 3.63) is 52.9 Å². The second-order valence-electron chi connectivity index (χ2n) is 5.35. The minimum absolute atomic E-state index is 0.138. The predicted octanol–water partition coefficient (Wildman–Crippen LogP) is 2.82. The van der Waals surface area contributed by atoms with Crippen LogP contribution in [0.2, 0.25) is 0 Å². The molecule has 22 heavy (non-hydrogen) atoms. The maximum atomic E-state index is 13.1. The summed E-state index contributed by atoms with van der Waals surface area (Å²) in [7, 11) is 1.84. The zero-order valence-electron chi connectivity index (χ0n) is 12.9. The molecule has 0 aliphatic carbocycles. The number of carbonyl (C=O) groups is 1. The van der Waals surface area contributed by atoms with E-state index in [1.165, 1.54) is 6.07 Å². The SMILES string of the molecule is Cc1c(C(C)NC(=O)CCc2ccc(F)c(F)c2)cnn1C. The van der Waals surface area contributed by atoms with Crippen molar-refractivity contribution in [2.75, 3.05) is 0 Å².